The Labute approximate surface area is 160 Å². The van der Waals surface area contributed by atoms with Crippen LogP contribution in [0.3, 0.4) is 0 Å². The second-order valence-electron chi connectivity index (χ2n) is 8.30. The first-order chi connectivity index (χ1) is 13.1. The number of piperidine rings is 1. The third-order valence-corrected chi connectivity index (χ3v) is 5.86. The van der Waals surface area contributed by atoms with Gasteiger partial charge >= 0.3 is 0 Å². The maximum absolute atomic E-state index is 12.8. The topological polar surface area (TPSA) is 75.4 Å². The van der Waals surface area contributed by atoms with Crippen molar-refractivity contribution in [2.24, 2.45) is 5.92 Å². The zero-order valence-electron chi connectivity index (χ0n) is 16.4. The number of carbonyl (C=O) groups excluding carboxylic acids is 1. The number of fused-ring (bicyclic) bond motifs is 1. The summed E-state index contributed by atoms with van der Waals surface area (Å²) in [6, 6.07) is 4.34. The van der Waals surface area contributed by atoms with Gasteiger partial charge in [-0.05, 0) is 37.8 Å². The van der Waals surface area contributed by atoms with Crippen LogP contribution in [0.4, 0.5) is 5.82 Å². The molecule has 1 amide bonds. The summed E-state index contributed by atoms with van der Waals surface area (Å²) < 4.78 is 1.84. The van der Waals surface area contributed by atoms with Crippen molar-refractivity contribution in [2.75, 3.05) is 18.0 Å². The molecular weight excluding hydrogens is 340 g/mol. The molecule has 7 heteroatoms. The predicted octanol–water partition coefficient (Wildman–Crippen LogP) is 2.91. The molecule has 2 fully saturated rings. The van der Waals surface area contributed by atoms with E-state index in [2.05, 4.69) is 34.3 Å². The highest BCUT2D eigenvalue weighted by molar-refractivity contribution is 5.79. The molecule has 1 aliphatic carbocycles. The maximum atomic E-state index is 12.8. The average molecular weight is 371 g/mol. The van der Waals surface area contributed by atoms with Crippen LogP contribution in [-0.4, -0.2) is 44.8 Å². The number of rotatable bonds is 4. The molecule has 0 bridgehead atoms. The smallest absolute Gasteiger partial charge is 0.225 e. The number of hydrogen-bond acceptors (Lipinski definition) is 5. The first kappa shape index (κ1) is 18.2. The van der Waals surface area contributed by atoms with Crippen molar-refractivity contribution in [1.29, 1.82) is 0 Å². The van der Waals surface area contributed by atoms with Crippen LogP contribution in [-0.2, 0) is 4.79 Å². The van der Waals surface area contributed by atoms with Gasteiger partial charge in [0.15, 0.2) is 11.5 Å². The van der Waals surface area contributed by atoms with Gasteiger partial charge in [0.05, 0.1) is 5.92 Å². The van der Waals surface area contributed by atoms with Crippen LogP contribution in [0.2, 0.25) is 0 Å². The lowest BCUT2D eigenvalue weighted by atomic mass is 9.93. The van der Waals surface area contributed by atoms with Gasteiger partial charge in [-0.1, -0.05) is 33.1 Å². The molecule has 1 aliphatic heterocycles. The molecule has 2 aliphatic rings. The Kier molecular flexibility index (Phi) is 5.27. The van der Waals surface area contributed by atoms with E-state index in [1.165, 1.54) is 19.3 Å². The van der Waals surface area contributed by atoms with E-state index < -0.39 is 0 Å². The Hall–Kier alpha value is -2.18. The van der Waals surface area contributed by atoms with Gasteiger partial charge in [-0.2, -0.15) is 4.52 Å². The fraction of sp³-hybridized carbons (Fsp3) is 0.700. The number of amides is 1. The Bertz CT molecular complexity index is 795. The van der Waals surface area contributed by atoms with E-state index >= 15 is 0 Å². The summed E-state index contributed by atoms with van der Waals surface area (Å²) in [5.74, 6) is 2.30. The molecule has 27 heavy (non-hydrogen) atoms. The molecule has 1 atom stereocenters. The van der Waals surface area contributed by atoms with E-state index in [0.29, 0.717) is 6.04 Å². The number of nitrogens with zero attached hydrogens (tertiary/aromatic N) is 5. The van der Waals surface area contributed by atoms with Crippen molar-refractivity contribution in [2.45, 2.75) is 70.8 Å². The average Bonchev–Trinajstić information content (AvgIpc) is 3.12. The van der Waals surface area contributed by atoms with Crippen molar-refractivity contribution >= 4 is 17.4 Å². The SMILES string of the molecule is CC(C)c1nnc2ccc(N3CCC[C@@H](C(=O)NC4CCCCC4)C3)nn12. The van der Waals surface area contributed by atoms with Crippen LogP contribution in [0.1, 0.15) is 70.5 Å². The highest BCUT2D eigenvalue weighted by atomic mass is 16.2. The van der Waals surface area contributed by atoms with Gasteiger partial charge in [-0.15, -0.1) is 15.3 Å². The normalized spacial score (nSPS) is 21.7. The molecule has 2 aromatic rings. The quantitative estimate of drug-likeness (QED) is 0.896. The Balaban J connectivity index is 1.46. The molecule has 0 aromatic carbocycles. The molecule has 146 valence electrons. The highest BCUT2D eigenvalue weighted by Crippen LogP contribution is 2.24. The Morgan fingerprint density at radius 3 is 2.70 bits per heavy atom. The van der Waals surface area contributed by atoms with Gasteiger partial charge in [0.2, 0.25) is 5.91 Å². The molecular formula is C20H30N6O. The lowest BCUT2D eigenvalue weighted by molar-refractivity contribution is -0.126. The lowest BCUT2D eigenvalue weighted by Gasteiger charge is -2.34. The van der Waals surface area contributed by atoms with E-state index in [1.807, 2.05) is 16.6 Å². The summed E-state index contributed by atoms with van der Waals surface area (Å²) in [7, 11) is 0. The van der Waals surface area contributed by atoms with Crippen LogP contribution in [0.5, 0.6) is 0 Å². The molecule has 4 rings (SSSR count). The number of aromatic nitrogens is 4. The summed E-state index contributed by atoms with van der Waals surface area (Å²) in [6.07, 6.45) is 8.02. The highest BCUT2D eigenvalue weighted by Gasteiger charge is 2.28. The van der Waals surface area contributed by atoms with E-state index in [1.54, 1.807) is 0 Å². The molecule has 0 spiro atoms. The molecule has 0 radical (unpaired) electrons. The fourth-order valence-electron chi connectivity index (χ4n) is 4.29. The number of hydrogen-bond donors (Lipinski definition) is 1. The van der Waals surface area contributed by atoms with Gasteiger partial charge in [0.25, 0.3) is 0 Å². The van der Waals surface area contributed by atoms with E-state index in [-0.39, 0.29) is 17.7 Å². The van der Waals surface area contributed by atoms with E-state index in [0.717, 1.165) is 56.1 Å². The zero-order chi connectivity index (χ0) is 18.8. The lowest BCUT2D eigenvalue weighted by Crippen LogP contribution is -2.46. The molecule has 1 N–H and O–H groups in total. The standard InChI is InChI=1S/C20H30N6O/c1-14(2)19-23-22-17-10-11-18(24-26(17)19)25-12-6-7-15(13-25)20(27)21-16-8-4-3-5-9-16/h10-11,14-16H,3-9,12-13H2,1-2H3,(H,21,27)/t15-/m1/s1. The largest absolute Gasteiger partial charge is 0.354 e. The van der Waals surface area contributed by atoms with Crippen LogP contribution < -0.4 is 10.2 Å². The number of carbonyl (C=O) groups is 1. The monoisotopic (exact) mass is 370 g/mol. The van der Waals surface area contributed by atoms with Crippen LogP contribution in [0.25, 0.3) is 5.65 Å². The second-order valence-corrected chi connectivity index (χ2v) is 8.30. The van der Waals surface area contributed by atoms with Crippen LogP contribution >= 0.6 is 0 Å². The van der Waals surface area contributed by atoms with Gasteiger partial charge in [-0.25, -0.2) is 0 Å². The summed E-state index contributed by atoms with van der Waals surface area (Å²) in [5.41, 5.74) is 0.769. The molecule has 0 unspecified atom stereocenters. The van der Waals surface area contributed by atoms with Crippen molar-refractivity contribution in [3.63, 3.8) is 0 Å². The van der Waals surface area contributed by atoms with Crippen molar-refractivity contribution in [3.05, 3.63) is 18.0 Å². The Morgan fingerprint density at radius 1 is 1.11 bits per heavy atom. The molecule has 1 saturated heterocycles. The third kappa shape index (κ3) is 3.92. The summed E-state index contributed by atoms with van der Waals surface area (Å²) >= 11 is 0. The first-order valence-electron chi connectivity index (χ1n) is 10.4. The van der Waals surface area contributed by atoms with Gasteiger partial charge in [0.1, 0.15) is 5.82 Å². The summed E-state index contributed by atoms with van der Waals surface area (Å²) in [6.45, 7) is 5.86. The number of anilines is 1. The first-order valence-corrected chi connectivity index (χ1v) is 10.4. The minimum absolute atomic E-state index is 0.0451. The third-order valence-electron chi connectivity index (χ3n) is 5.86. The summed E-state index contributed by atoms with van der Waals surface area (Å²) in [5, 5.41) is 16.5. The fourth-order valence-corrected chi connectivity index (χ4v) is 4.29. The van der Waals surface area contributed by atoms with Gasteiger partial charge < -0.3 is 10.2 Å². The molecule has 7 nitrogen and oxygen atoms in total. The predicted molar refractivity (Wildman–Crippen MR) is 105 cm³/mol. The van der Waals surface area contributed by atoms with Crippen LogP contribution in [0.15, 0.2) is 12.1 Å². The Morgan fingerprint density at radius 2 is 1.93 bits per heavy atom. The van der Waals surface area contributed by atoms with E-state index in [9.17, 15) is 4.79 Å². The van der Waals surface area contributed by atoms with Crippen molar-refractivity contribution in [1.82, 2.24) is 25.1 Å². The minimum Gasteiger partial charge on any atom is -0.354 e. The second kappa shape index (κ2) is 7.82. The van der Waals surface area contributed by atoms with E-state index in [4.69, 9.17) is 5.10 Å². The summed E-state index contributed by atoms with van der Waals surface area (Å²) in [4.78, 5) is 15.0. The van der Waals surface area contributed by atoms with Gasteiger partial charge in [-0.3, -0.25) is 4.79 Å². The zero-order valence-corrected chi connectivity index (χ0v) is 16.4. The minimum atomic E-state index is 0.0451. The maximum Gasteiger partial charge on any atom is 0.225 e. The molecule has 2 aromatic heterocycles. The van der Waals surface area contributed by atoms with Crippen molar-refractivity contribution < 1.29 is 4.79 Å². The number of nitrogens with one attached hydrogen (secondary N) is 1. The molecule has 3 heterocycles. The van der Waals surface area contributed by atoms with Gasteiger partial charge in [0, 0.05) is 25.0 Å². The molecule has 1 saturated carbocycles. The van der Waals surface area contributed by atoms with Crippen LogP contribution in [0, 0.1) is 5.92 Å². The van der Waals surface area contributed by atoms with Crippen molar-refractivity contribution in [3.8, 4) is 0 Å².